The van der Waals surface area contributed by atoms with E-state index in [9.17, 15) is 12.8 Å². The third-order valence-corrected chi connectivity index (χ3v) is 4.01. The molecule has 0 aliphatic heterocycles. The number of hydrogen-bond acceptors (Lipinski definition) is 5. The van der Waals surface area contributed by atoms with E-state index in [0.717, 1.165) is 6.07 Å². The molecule has 0 aliphatic carbocycles. The molecule has 0 fully saturated rings. The molecular weight excluding hydrogens is 283 g/mol. The Labute approximate surface area is 115 Å². The standard InChI is InChI=1S/C12H13FN4O2S/c13-11-4-3-9(7-14)6-12(11)20(18,19)16-8-10-2-1-5-15-17-10/h1-6,16H,7-8,14H2. The van der Waals surface area contributed by atoms with Gasteiger partial charge in [-0.25, -0.2) is 17.5 Å². The minimum atomic E-state index is -3.97. The Morgan fingerprint density at radius 3 is 2.75 bits per heavy atom. The molecule has 20 heavy (non-hydrogen) atoms. The van der Waals surface area contributed by atoms with Crippen molar-refractivity contribution < 1.29 is 12.8 Å². The molecule has 1 aromatic carbocycles. The van der Waals surface area contributed by atoms with Gasteiger partial charge in [-0.2, -0.15) is 10.2 Å². The highest BCUT2D eigenvalue weighted by atomic mass is 32.2. The van der Waals surface area contributed by atoms with Crippen molar-refractivity contribution in [2.24, 2.45) is 5.73 Å². The fourth-order valence-corrected chi connectivity index (χ4v) is 2.68. The first-order valence-electron chi connectivity index (χ1n) is 5.77. The number of nitrogens with two attached hydrogens (primary N) is 1. The van der Waals surface area contributed by atoms with Crippen LogP contribution in [-0.4, -0.2) is 18.6 Å². The maximum absolute atomic E-state index is 13.6. The van der Waals surface area contributed by atoms with Crippen LogP contribution < -0.4 is 10.5 Å². The van der Waals surface area contributed by atoms with Crippen LogP contribution in [0.2, 0.25) is 0 Å². The average Bonchev–Trinajstić information content (AvgIpc) is 2.47. The van der Waals surface area contributed by atoms with E-state index < -0.39 is 20.7 Å². The molecule has 0 saturated heterocycles. The van der Waals surface area contributed by atoms with Gasteiger partial charge < -0.3 is 5.73 Å². The zero-order valence-electron chi connectivity index (χ0n) is 10.5. The van der Waals surface area contributed by atoms with Crippen LogP contribution in [0.5, 0.6) is 0 Å². The minimum Gasteiger partial charge on any atom is -0.326 e. The molecule has 0 bridgehead atoms. The molecule has 3 N–H and O–H groups in total. The van der Waals surface area contributed by atoms with Gasteiger partial charge in [-0.1, -0.05) is 6.07 Å². The van der Waals surface area contributed by atoms with Crippen molar-refractivity contribution in [3.8, 4) is 0 Å². The number of sulfonamides is 1. The van der Waals surface area contributed by atoms with Crippen LogP contribution in [0.25, 0.3) is 0 Å². The summed E-state index contributed by atoms with van der Waals surface area (Å²) in [5, 5.41) is 7.37. The van der Waals surface area contributed by atoms with Crippen molar-refractivity contribution in [3.05, 3.63) is 53.6 Å². The molecule has 6 nitrogen and oxygen atoms in total. The Morgan fingerprint density at radius 2 is 2.10 bits per heavy atom. The second kappa shape index (κ2) is 6.04. The highest BCUT2D eigenvalue weighted by Crippen LogP contribution is 2.16. The van der Waals surface area contributed by atoms with Crippen molar-refractivity contribution in [1.29, 1.82) is 0 Å². The lowest BCUT2D eigenvalue weighted by Crippen LogP contribution is -2.25. The van der Waals surface area contributed by atoms with E-state index in [0.29, 0.717) is 11.3 Å². The van der Waals surface area contributed by atoms with Crippen molar-refractivity contribution >= 4 is 10.0 Å². The lowest BCUT2D eigenvalue weighted by atomic mass is 10.2. The zero-order chi connectivity index (χ0) is 14.6. The third-order valence-electron chi connectivity index (χ3n) is 2.59. The Bertz CT molecular complexity index is 692. The van der Waals surface area contributed by atoms with Crippen LogP contribution in [0.3, 0.4) is 0 Å². The normalized spacial score (nSPS) is 11.5. The fraction of sp³-hybridized carbons (Fsp3) is 0.167. The largest absolute Gasteiger partial charge is 0.326 e. The summed E-state index contributed by atoms with van der Waals surface area (Å²) in [4.78, 5) is -0.427. The van der Waals surface area contributed by atoms with Crippen LogP contribution in [0.1, 0.15) is 11.3 Å². The highest BCUT2D eigenvalue weighted by Gasteiger charge is 2.19. The third kappa shape index (κ3) is 3.35. The maximum Gasteiger partial charge on any atom is 0.243 e. The first-order chi connectivity index (χ1) is 9.53. The molecule has 0 atom stereocenters. The average molecular weight is 296 g/mol. The van der Waals surface area contributed by atoms with Crippen LogP contribution >= 0.6 is 0 Å². The molecule has 106 valence electrons. The van der Waals surface area contributed by atoms with E-state index in [4.69, 9.17) is 5.73 Å². The Balaban J connectivity index is 2.22. The molecule has 1 aromatic heterocycles. The Hall–Kier alpha value is -1.90. The number of halogens is 1. The quantitative estimate of drug-likeness (QED) is 0.839. The van der Waals surface area contributed by atoms with Crippen molar-refractivity contribution in [2.45, 2.75) is 18.0 Å². The summed E-state index contributed by atoms with van der Waals surface area (Å²) in [6.07, 6.45) is 1.47. The maximum atomic E-state index is 13.6. The summed E-state index contributed by atoms with van der Waals surface area (Å²) in [5.74, 6) is -0.825. The van der Waals surface area contributed by atoms with Crippen molar-refractivity contribution in [2.75, 3.05) is 0 Å². The molecule has 0 unspecified atom stereocenters. The Kier molecular flexibility index (Phi) is 4.38. The van der Waals surface area contributed by atoms with Gasteiger partial charge in [-0.15, -0.1) is 0 Å². The van der Waals surface area contributed by atoms with E-state index in [1.54, 1.807) is 12.1 Å². The summed E-state index contributed by atoms with van der Waals surface area (Å²) in [5.41, 5.74) is 6.39. The van der Waals surface area contributed by atoms with Gasteiger partial charge in [0.1, 0.15) is 10.7 Å². The van der Waals surface area contributed by atoms with Gasteiger partial charge in [0.2, 0.25) is 10.0 Å². The second-order valence-corrected chi connectivity index (χ2v) is 5.74. The van der Waals surface area contributed by atoms with Crippen molar-refractivity contribution in [1.82, 2.24) is 14.9 Å². The summed E-state index contributed by atoms with van der Waals surface area (Å²) < 4.78 is 40.0. The Morgan fingerprint density at radius 1 is 1.30 bits per heavy atom. The van der Waals surface area contributed by atoms with Crippen molar-refractivity contribution in [3.63, 3.8) is 0 Å². The summed E-state index contributed by atoms with van der Waals surface area (Å²) in [6, 6.07) is 6.99. The SMILES string of the molecule is NCc1ccc(F)c(S(=O)(=O)NCc2cccnn2)c1. The minimum absolute atomic E-state index is 0.0670. The fourth-order valence-electron chi connectivity index (χ4n) is 1.56. The zero-order valence-corrected chi connectivity index (χ0v) is 11.3. The molecule has 0 aliphatic rings. The monoisotopic (exact) mass is 296 g/mol. The summed E-state index contributed by atoms with van der Waals surface area (Å²) >= 11 is 0. The van der Waals surface area contributed by atoms with Gasteiger partial charge in [-0.3, -0.25) is 0 Å². The number of nitrogens with one attached hydrogen (secondary N) is 1. The number of rotatable bonds is 5. The predicted molar refractivity (Wildman–Crippen MR) is 70.3 cm³/mol. The first kappa shape index (κ1) is 14.5. The lowest BCUT2D eigenvalue weighted by Gasteiger charge is -2.08. The molecule has 0 saturated carbocycles. The topological polar surface area (TPSA) is 98.0 Å². The lowest BCUT2D eigenvalue weighted by molar-refractivity contribution is 0.555. The molecule has 1 heterocycles. The molecule has 2 rings (SSSR count). The van der Waals surface area contributed by atoms with Gasteiger partial charge in [0, 0.05) is 12.7 Å². The van der Waals surface area contributed by atoms with E-state index >= 15 is 0 Å². The van der Waals surface area contributed by atoms with E-state index in [2.05, 4.69) is 14.9 Å². The smallest absolute Gasteiger partial charge is 0.243 e. The number of aromatic nitrogens is 2. The second-order valence-electron chi connectivity index (χ2n) is 4.01. The van der Waals surface area contributed by atoms with Crippen LogP contribution in [0, 0.1) is 5.82 Å². The van der Waals surface area contributed by atoms with Gasteiger partial charge >= 0.3 is 0 Å². The molecule has 0 spiro atoms. The van der Waals surface area contributed by atoms with E-state index in [1.807, 2.05) is 0 Å². The summed E-state index contributed by atoms with van der Waals surface area (Å²) in [6.45, 7) is 0.0649. The first-order valence-corrected chi connectivity index (χ1v) is 7.26. The highest BCUT2D eigenvalue weighted by molar-refractivity contribution is 7.89. The van der Waals surface area contributed by atoms with Gasteiger partial charge in [-0.05, 0) is 29.8 Å². The molecule has 0 radical (unpaired) electrons. The predicted octanol–water partition coefficient (Wildman–Crippen LogP) is 0.553. The number of benzene rings is 1. The molecule has 8 heteroatoms. The molecular formula is C12H13FN4O2S. The van der Waals surface area contributed by atoms with Gasteiger partial charge in [0.15, 0.2) is 0 Å². The number of nitrogens with zero attached hydrogens (tertiary/aromatic N) is 2. The van der Waals surface area contributed by atoms with E-state index in [-0.39, 0.29) is 13.1 Å². The van der Waals surface area contributed by atoms with Crippen LogP contribution in [-0.2, 0) is 23.1 Å². The van der Waals surface area contributed by atoms with Crippen LogP contribution in [0.4, 0.5) is 4.39 Å². The molecule has 0 amide bonds. The summed E-state index contributed by atoms with van der Waals surface area (Å²) in [7, 11) is -3.97. The van der Waals surface area contributed by atoms with E-state index in [1.165, 1.54) is 18.3 Å². The van der Waals surface area contributed by atoms with Crippen LogP contribution in [0.15, 0.2) is 41.4 Å². The van der Waals surface area contributed by atoms with Gasteiger partial charge in [0.05, 0.1) is 12.2 Å². The van der Waals surface area contributed by atoms with Gasteiger partial charge in [0.25, 0.3) is 0 Å². The molecule has 2 aromatic rings. The number of hydrogen-bond donors (Lipinski definition) is 2.